The molecule has 6 heteroatoms. The number of para-hydroxylation sites is 1. The number of ketones is 1. The third-order valence-electron chi connectivity index (χ3n) is 4.88. The molecule has 3 rings (SSSR count). The van der Waals surface area contributed by atoms with E-state index in [0.717, 1.165) is 22.0 Å². The first kappa shape index (κ1) is 20.2. The number of aromatic nitrogens is 1. The first-order valence-electron chi connectivity index (χ1n) is 9.34. The average molecular weight is 390 g/mol. The highest BCUT2D eigenvalue weighted by Gasteiger charge is 2.26. The number of fused-ring (bicyclic) bond motifs is 1. The number of carboxylic acid groups (broad SMARTS) is 1. The van der Waals surface area contributed by atoms with Crippen molar-refractivity contribution in [2.24, 2.45) is 12.8 Å². The van der Waals surface area contributed by atoms with E-state index in [0.29, 0.717) is 11.4 Å². The molecular formula is C23H24N3O3+. The number of hydrogen-bond acceptors (Lipinski definition) is 4. The number of carboxylic acids is 1. The molecule has 5 N–H and O–H groups in total. The molecule has 0 amide bonds. The van der Waals surface area contributed by atoms with Gasteiger partial charge in [-0.2, -0.15) is 4.57 Å². The zero-order valence-corrected chi connectivity index (χ0v) is 16.2. The van der Waals surface area contributed by atoms with E-state index in [1.54, 1.807) is 10.6 Å². The van der Waals surface area contributed by atoms with Gasteiger partial charge in [-0.3, -0.25) is 9.59 Å². The number of pyridine rings is 1. The van der Waals surface area contributed by atoms with Crippen LogP contribution in [0.4, 0.5) is 5.69 Å². The Morgan fingerprint density at radius 1 is 1.10 bits per heavy atom. The summed E-state index contributed by atoms with van der Waals surface area (Å²) >= 11 is 0. The molecule has 29 heavy (non-hydrogen) atoms. The van der Waals surface area contributed by atoms with Gasteiger partial charge >= 0.3 is 5.97 Å². The molecule has 0 spiro atoms. The van der Waals surface area contributed by atoms with Crippen molar-refractivity contribution in [2.75, 3.05) is 5.73 Å². The van der Waals surface area contributed by atoms with Gasteiger partial charge in [0.05, 0.1) is 11.4 Å². The van der Waals surface area contributed by atoms with Gasteiger partial charge in [-0.1, -0.05) is 36.4 Å². The molecule has 1 heterocycles. The van der Waals surface area contributed by atoms with Gasteiger partial charge in [0.2, 0.25) is 11.3 Å². The number of carbonyl (C=O) groups excluding carboxylic acids is 1. The van der Waals surface area contributed by atoms with Crippen LogP contribution in [0.5, 0.6) is 0 Å². The molecule has 0 bridgehead atoms. The third-order valence-corrected chi connectivity index (χ3v) is 4.88. The van der Waals surface area contributed by atoms with Crippen LogP contribution in [0.1, 0.15) is 34.5 Å². The summed E-state index contributed by atoms with van der Waals surface area (Å²) in [5.74, 6) is -1.25. The molecule has 2 aromatic carbocycles. The molecule has 0 aliphatic heterocycles. The molecule has 1 unspecified atom stereocenters. The Balaban J connectivity index is 2.03. The Labute approximate surface area is 169 Å². The van der Waals surface area contributed by atoms with Gasteiger partial charge in [0.15, 0.2) is 0 Å². The highest BCUT2D eigenvalue weighted by atomic mass is 16.4. The van der Waals surface area contributed by atoms with Crippen molar-refractivity contribution in [1.29, 1.82) is 0 Å². The molecule has 0 aliphatic rings. The number of anilines is 1. The smallest absolute Gasteiger partial charge is 0.303 e. The molecule has 6 nitrogen and oxygen atoms in total. The van der Waals surface area contributed by atoms with Gasteiger partial charge < -0.3 is 16.6 Å². The van der Waals surface area contributed by atoms with Crippen molar-refractivity contribution in [3.05, 3.63) is 71.4 Å². The second kappa shape index (κ2) is 8.67. The maximum absolute atomic E-state index is 12.9. The molecule has 0 fully saturated rings. The summed E-state index contributed by atoms with van der Waals surface area (Å²) in [4.78, 5) is 23.7. The van der Waals surface area contributed by atoms with Gasteiger partial charge in [0.1, 0.15) is 7.05 Å². The molecule has 0 saturated heterocycles. The zero-order valence-electron chi connectivity index (χ0n) is 16.2. The molecule has 0 saturated carbocycles. The topological polar surface area (TPSA) is 110 Å². The third kappa shape index (κ3) is 4.67. The van der Waals surface area contributed by atoms with E-state index in [9.17, 15) is 9.59 Å². The number of nitrogens with two attached hydrogens (primary N) is 2. The fourth-order valence-electron chi connectivity index (χ4n) is 3.23. The number of rotatable bonds is 7. The lowest BCUT2D eigenvalue weighted by molar-refractivity contribution is -0.647. The van der Waals surface area contributed by atoms with Crippen LogP contribution < -0.4 is 16.0 Å². The highest BCUT2D eigenvalue weighted by Crippen LogP contribution is 2.21. The number of aliphatic carboxylic acids is 1. The Hall–Kier alpha value is -3.51. The normalized spacial score (nSPS) is 12.3. The summed E-state index contributed by atoms with van der Waals surface area (Å²) < 4.78 is 1.80. The SMILES string of the molecule is C[n+]1c(C(=O)C(N)CCC(=O)O)cc(C=Cc2ccc(N)cc2)c2ccccc21. The molecule has 0 radical (unpaired) electrons. The lowest BCUT2D eigenvalue weighted by Crippen LogP contribution is -2.43. The van der Waals surface area contributed by atoms with Crippen LogP contribution in [0.25, 0.3) is 23.1 Å². The number of benzene rings is 2. The van der Waals surface area contributed by atoms with E-state index in [1.165, 1.54) is 0 Å². The largest absolute Gasteiger partial charge is 0.481 e. The quantitative estimate of drug-likeness (QED) is 0.326. The Kier molecular flexibility index (Phi) is 6.04. The molecular weight excluding hydrogens is 366 g/mol. The van der Waals surface area contributed by atoms with Crippen LogP contribution in [0.2, 0.25) is 0 Å². The Morgan fingerprint density at radius 3 is 2.48 bits per heavy atom. The first-order valence-corrected chi connectivity index (χ1v) is 9.34. The number of hydrogen-bond donors (Lipinski definition) is 3. The maximum atomic E-state index is 12.9. The second-order valence-electron chi connectivity index (χ2n) is 6.96. The molecule has 0 aliphatic carbocycles. The van der Waals surface area contributed by atoms with Gasteiger partial charge in [-0.15, -0.1) is 0 Å². The van der Waals surface area contributed by atoms with Crippen molar-refractivity contribution in [3.63, 3.8) is 0 Å². The van der Waals surface area contributed by atoms with Crippen molar-refractivity contribution < 1.29 is 19.3 Å². The van der Waals surface area contributed by atoms with E-state index >= 15 is 0 Å². The van der Waals surface area contributed by atoms with Crippen LogP contribution in [0.3, 0.4) is 0 Å². The van der Waals surface area contributed by atoms with E-state index in [4.69, 9.17) is 16.6 Å². The highest BCUT2D eigenvalue weighted by molar-refractivity contribution is 6.00. The van der Waals surface area contributed by atoms with Crippen molar-refractivity contribution >= 4 is 40.5 Å². The molecule has 3 aromatic rings. The van der Waals surface area contributed by atoms with E-state index in [1.807, 2.05) is 67.7 Å². The van der Waals surface area contributed by atoms with E-state index in [-0.39, 0.29) is 18.6 Å². The summed E-state index contributed by atoms with van der Waals surface area (Å²) in [5.41, 5.74) is 15.6. The predicted octanol–water partition coefficient (Wildman–Crippen LogP) is 2.79. The average Bonchev–Trinajstić information content (AvgIpc) is 2.72. The van der Waals surface area contributed by atoms with Gasteiger partial charge in [0.25, 0.3) is 5.69 Å². The molecule has 148 valence electrons. The second-order valence-corrected chi connectivity index (χ2v) is 6.96. The van der Waals surface area contributed by atoms with Crippen molar-refractivity contribution in [1.82, 2.24) is 0 Å². The van der Waals surface area contributed by atoms with Crippen LogP contribution in [-0.2, 0) is 11.8 Å². The van der Waals surface area contributed by atoms with E-state index in [2.05, 4.69) is 0 Å². The van der Waals surface area contributed by atoms with Crippen molar-refractivity contribution in [3.8, 4) is 0 Å². The lowest BCUT2D eigenvalue weighted by Gasteiger charge is -2.10. The Bertz CT molecular complexity index is 1090. The minimum Gasteiger partial charge on any atom is -0.481 e. The van der Waals surface area contributed by atoms with Crippen LogP contribution in [-0.4, -0.2) is 22.9 Å². The van der Waals surface area contributed by atoms with Gasteiger partial charge in [0, 0.05) is 24.2 Å². The number of carbonyl (C=O) groups is 2. The van der Waals surface area contributed by atoms with Gasteiger partial charge in [-0.25, -0.2) is 0 Å². The van der Waals surface area contributed by atoms with Gasteiger partial charge in [-0.05, 0) is 35.7 Å². The summed E-state index contributed by atoms with van der Waals surface area (Å²) in [7, 11) is 1.81. The zero-order chi connectivity index (χ0) is 21.0. The summed E-state index contributed by atoms with van der Waals surface area (Å²) in [6.07, 6.45) is 3.86. The number of nitrogens with zero attached hydrogens (tertiary/aromatic N) is 1. The molecule has 1 atom stereocenters. The fourth-order valence-corrected chi connectivity index (χ4v) is 3.23. The van der Waals surface area contributed by atoms with Crippen LogP contribution in [0, 0.1) is 0 Å². The molecule has 1 aromatic heterocycles. The summed E-state index contributed by atoms with van der Waals surface area (Å²) in [5, 5.41) is 9.86. The van der Waals surface area contributed by atoms with E-state index < -0.39 is 12.0 Å². The minimum absolute atomic E-state index is 0.0948. The predicted molar refractivity (Wildman–Crippen MR) is 114 cm³/mol. The standard InChI is InChI=1S/C23H23N3O3/c1-26-20-5-3-2-4-18(20)16(9-6-15-7-10-17(24)11-8-15)14-21(26)23(29)19(25)12-13-22(27)28/h2-11,14,19,24H,12-13,25H2,1H3,(H,27,28)/p+1. The van der Waals surface area contributed by atoms with Crippen LogP contribution in [0.15, 0.2) is 54.6 Å². The first-order chi connectivity index (χ1) is 13.9. The number of aryl methyl sites for hydroxylation is 1. The maximum Gasteiger partial charge on any atom is 0.303 e. The van der Waals surface area contributed by atoms with Crippen molar-refractivity contribution in [2.45, 2.75) is 18.9 Å². The lowest BCUT2D eigenvalue weighted by atomic mass is 10.00. The summed E-state index contributed by atoms with van der Waals surface area (Å²) in [6.45, 7) is 0. The number of nitrogen functional groups attached to an aromatic ring is 1. The summed E-state index contributed by atoms with van der Waals surface area (Å²) in [6, 6.07) is 16.2. The minimum atomic E-state index is -0.969. The Morgan fingerprint density at radius 2 is 1.79 bits per heavy atom. The number of Topliss-reactive ketones (excluding diaryl/α,β-unsaturated/α-hetero) is 1. The van der Waals surface area contributed by atoms with Crippen LogP contribution >= 0.6 is 0 Å². The fraction of sp³-hybridized carbons (Fsp3) is 0.174. The monoisotopic (exact) mass is 390 g/mol.